The Balaban J connectivity index is 1.38. The number of aromatic nitrogens is 3. The van der Waals surface area contributed by atoms with Crippen LogP contribution in [-0.2, 0) is 11.2 Å². The van der Waals surface area contributed by atoms with Crippen LogP contribution >= 0.6 is 11.3 Å². The van der Waals surface area contributed by atoms with Gasteiger partial charge in [-0.3, -0.25) is 9.20 Å². The zero-order chi connectivity index (χ0) is 18.8. The number of hydrogen-bond donors (Lipinski definition) is 0. The van der Waals surface area contributed by atoms with Crippen molar-refractivity contribution in [2.45, 2.75) is 45.4 Å². The van der Waals surface area contributed by atoms with Gasteiger partial charge in [0, 0.05) is 49.5 Å². The molecule has 1 fully saturated rings. The first-order valence-corrected chi connectivity index (χ1v) is 10.3. The number of likely N-dealkylation sites (tertiary alicyclic amines) is 1. The zero-order valence-electron chi connectivity index (χ0n) is 15.7. The normalized spacial score (nSPS) is 17.6. The summed E-state index contributed by atoms with van der Waals surface area (Å²) in [5, 5.41) is 5.93. The van der Waals surface area contributed by atoms with Gasteiger partial charge in [-0.2, -0.15) is 0 Å². The number of aryl methyl sites for hydroxylation is 2. The molecule has 0 unspecified atom stereocenters. The fourth-order valence-corrected chi connectivity index (χ4v) is 4.65. The highest BCUT2D eigenvalue weighted by Gasteiger charge is 2.28. The number of rotatable bonds is 6. The molecule has 1 aliphatic heterocycles. The maximum Gasteiger partial charge on any atom is 0.254 e. The maximum absolute atomic E-state index is 12.7. The van der Waals surface area contributed by atoms with Crippen molar-refractivity contribution < 1.29 is 14.1 Å². The highest BCUT2D eigenvalue weighted by Crippen LogP contribution is 2.32. The molecule has 0 saturated carbocycles. The molecule has 1 aliphatic rings. The van der Waals surface area contributed by atoms with E-state index in [-0.39, 0.29) is 5.91 Å². The van der Waals surface area contributed by atoms with Crippen LogP contribution in [0.5, 0.6) is 5.88 Å². The van der Waals surface area contributed by atoms with Crippen LogP contribution in [0.2, 0.25) is 0 Å². The monoisotopic (exact) mass is 388 g/mol. The first kappa shape index (κ1) is 18.0. The molecule has 0 spiro atoms. The SMILES string of the molecule is CCOc1cc(CCC(=O)N2CCC[C@H](c3nc(C)n4ccsc34)C2)on1. The van der Waals surface area contributed by atoms with Crippen molar-refractivity contribution in [3.8, 4) is 5.88 Å². The molecular formula is C19H24N4O3S. The third-order valence-corrected chi connectivity index (χ3v) is 5.92. The lowest BCUT2D eigenvalue weighted by Gasteiger charge is -2.32. The van der Waals surface area contributed by atoms with Gasteiger partial charge in [0.2, 0.25) is 5.91 Å². The summed E-state index contributed by atoms with van der Waals surface area (Å²) in [5.74, 6) is 2.64. The Hall–Kier alpha value is -2.35. The predicted molar refractivity (Wildman–Crippen MR) is 102 cm³/mol. The van der Waals surface area contributed by atoms with Gasteiger partial charge in [-0.25, -0.2) is 4.98 Å². The summed E-state index contributed by atoms with van der Waals surface area (Å²) in [6, 6.07) is 1.76. The number of amides is 1. The Bertz CT molecular complexity index is 929. The molecule has 1 amide bonds. The molecule has 0 aromatic carbocycles. The number of imidazole rings is 1. The van der Waals surface area contributed by atoms with Crippen molar-refractivity contribution in [3.63, 3.8) is 0 Å². The summed E-state index contributed by atoms with van der Waals surface area (Å²) < 4.78 is 12.7. The lowest BCUT2D eigenvalue weighted by atomic mass is 9.95. The van der Waals surface area contributed by atoms with Crippen LogP contribution < -0.4 is 4.74 Å². The second-order valence-corrected chi connectivity index (χ2v) is 7.76. The molecule has 3 aromatic heterocycles. The average molecular weight is 388 g/mol. The van der Waals surface area contributed by atoms with E-state index in [0.29, 0.717) is 37.0 Å². The highest BCUT2D eigenvalue weighted by molar-refractivity contribution is 7.15. The molecule has 0 N–H and O–H groups in total. The Labute approximate surface area is 161 Å². The lowest BCUT2D eigenvalue weighted by Crippen LogP contribution is -2.39. The van der Waals surface area contributed by atoms with Crippen LogP contribution in [0.1, 0.15) is 49.4 Å². The minimum absolute atomic E-state index is 0.160. The number of hydrogen-bond acceptors (Lipinski definition) is 6. The molecule has 1 atom stereocenters. The zero-order valence-corrected chi connectivity index (χ0v) is 16.5. The van der Waals surface area contributed by atoms with Crippen LogP contribution in [0.15, 0.2) is 22.2 Å². The van der Waals surface area contributed by atoms with E-state index in [9.17, 15) is 4.79 Å². The van der Waals surface area contributed by atoms with E-state index in [1.807, 2.05) is 18.7 Å². The van der Waals surface area contributed by atoms with Gasteiger partial charge >= 0.3 is 0 Å². The standard InChI is InChI=1S/C19H24N4O3S/c1-3-25-16-11-15(26-21-16)6-7-17(24)22-8-4-5-14(12-22)18-19-23(9-10-27-19)13(2)20-18/h9-11,14H,3-8,12H2,1-2H3/t14-/m0/s1. The Morgan fingerprint density at radius 1 is 1.48 bits per heavy atom. The quantitative estimate of drug-likeness (QED) is 0.647. The molecule has 0 radical (unpaired) electrons. The highest BCUT2D eigenvalue weighted by atomic mass is 32.1. The van der Waals surface area contributed by atoms with Gasteiger partial charge in [0.25, 0.3) is 5.88 Å². The first-order valence-electron chi connectivity index (χ1n) is 9.44. The molecule has 0 aliphatic carbocycles. The van der Waals surface area contributed by atoms with E-state index < -0.39 is 0 Å². The maximum atomic E-state index is 12.7. The van der Waals surface area contributed by atoms with Gasteiger partial charge in [0.05, 0.1) is 12.3 Å². The molecule has 7 nitrogen and oxygen atoms in total. The van der Waals surface area contributed by atoms with Crippen molar-refractivity contribution in [3.05, 3.63) is 34.9 Å². The number of ether oxygens (including phenoxy) is 1. The van der Waals surface area contributed by atoms with Crippen molar-refractivity contribution in [2.24, 2.45) is 0 Å². The van der Waals surface area contributed by atoms with Crippen LogP contribution in [-0.4, -0.2) is 45.0 Å². The second kappa shape index (κ2) is 7.72. The number of fused-ring (bicyclic) bond motifs is 1. The summed E-state index contributed by atoms with van der Waals surface area (Å²) in [6.07, 6.45) is 5.11. The Morgan fingerprint density at radius 2 is 2.37 bits per heavy atom. The smallest absolute Gasteiger partial charge is 0.254 e. The van der Waals surface area contributed by atoms with E-state index >= 15 is 0 Å². The summed E-state index contributed by atoms with van der Waals surface area (Å²) in [5.41, 5.74) is 1.14. The third-order valence-electron chi connectivity index (χ3n) is 5.03. The molecule has 8 heteroatoms. The molecule has 1 saturated heterocycles. The number of carbonyl (C=O) groups is 1. The summed E-state index contributed by atoms with van der Waals surface area (Å²) in [6.45, 7) is 6.03. The minimum Gasteiger partial charge on any atom is -0.476 e. The van der Waals surface area contributed by atoms with E-state index in [0.717, 1.165) is 37.4 Å². The van der Waals surface area contributed by atoms with Gasteiger partial charge in [-0.15, -0.1) is 11.3 Å². The molecule has 144 valence electrons. The number of thiazole rings is 1. The van der Waals surface area contributed by atoms with Gasteiger partial charge in [-0.1, -0.05) is 0 Å². The largest absolute Gasteiger partial charge is 0.476 e. The molecular weight excluding hydrogens is 364 g/mol. The molecule has 27 heavy (non-hydrogen) atoms. The van der Waals surface area contributed by atoms with E-state index in [1.165, 1.54) is 4.83 Å². The van der Waals surface area contributed by atoms with Gasteiger partial charge in [0.15, 0.2) is 0 Å². The van der Waals surface area contributed by atoms with E-state index in [1.54, 1.807) is 17.4 Å². The second-order valence-electron chi connectivity index (χ2n) is 6.87. The molecule has 0 bridgehead atoms. The van der Waals surface area contributed by atoms with Crippen molar-refractivity contribution in [1.82, 2.24) is 19.4 Å². The van der Waals surface area contributed by atoms with Crippen LogP contribution in [0, 0.1) is 6.92 Å². The summed E-state index contributed by atoms with van der Waals surface area (Å²) in [7, 11) is 0. The number of piperidine rings is 1. The van der Waals surface area contributed by atoms with E-state index in [4.69, 9.17) is 14.2 Å². The van der Waals surface area contributed by atoms with Crippen molar-refractivity contribution >= 4 is 22.1 Å². The number of carbonyl (C=O) groups excluding carboxylic acids is 1. The number of nitrogens with zero attached hydrogens (tertiary/aromatic N) is 4. The average Bonchev–Trinajstić information content (AvgIpc) is 3.39. The molecule has 4 rings (SSSR count). The fourth-order valence-electron chi connectivity index (χ4n) is 3.70. The summed E-state index contributed by atoms with van der Waals surface area (Å²) >= 11 is 1.72. The van der Waals surface area contributed by atoms with Crippen molar-refractivity contribution in [1.29, 1.82) is 0 Å². The van der Waals surface area contributed by atoms with Crippen LogP contribution in [0.25, 0.3) is 4.83 Å². The van der Waals surface area contributed by atoms with E-state index in [2.05, 4.69) is 21.1 Å². The Morgan fingerprint density at radius 3 is 3.22 bits per heavy atom. The third kappa shape index (κ3) is 3.71. The molecule has 4 heterocycles. The van der Waals surface area contributed by atoms with Crippen LogP contribution in [0.4, 0.5) is 0 Å². The van der Waals surface area contributed by atoms with Crippen molar-refractivity contribution in [2.75, 3.05) is 19.7 Å². The summed E-state index contributed by atoms with van der Waals surface area (Å²) in [4.78, 5) is 20.7. The van der Waals surface area contributed by atoms with Crippen LogP contribution in [0.3, 0.4) is 0 Å². The minimum atomic E-state index is 0.160. The van der Waals surface area contributed by atoms with Gasteiger partial charge < -0.3 is 14.2 Å². The Kier molecular flexibility index (Phi) is 5.15. The first-order chi connectivity index (χ1) is 13.2. The fraction of sp³-hybridized carbons (Fsp3) is 0.526. The molecule has 3 aromatic rings. The lowest BCUT2D eigenvalue weighted by molar-refractivity contribution is -0.132. The van der Waals surface area contributed by atoms with Gasteiger partial charge in [0.1, 0.15) is 16.4 Å². The van der Waals surface area contributed by atoms with Gasteiger partial charge in [-0.05, 0) is 31.8 Å². The predicted octanol–water partition coefficient (Wildman–Crippen LogP) is 3.43. The topological polar surface area (TPSA) is 72.9 Å².